The predicted molar refractivity (Wildman–Crippen MR) is 117 cm³/mol. The van der Waals surface area contributed by atoms with Crippen LogP contribution in [-0.4, -0.2) is 55.2 Å². The number of rotatable bonds is 7. The second-order valence-corrected chi connectivity index (χ2v) is 8.88. The summed E-state index contributed by atoms with van der Waals surface area (Å²) in [5, 5.41) is 3.06. The molecular weight excluding hydrogens is 366 g/mol. The molecule has 2 amide bonds. The molecule has 1 heterocycles. The van der Waals surface area contributed by atoms with E-state index in [4.69, 9.17) is 4.74 Å². The van der Waals surface area contributed by atoms with E-state index < -0.39 is 5.60 Å². The smallest absolute Gasteiger partial charge is 0.410 e. The van der Waals surface area contributed by atoms with E-state index in [-0.39, 0.29) is 12.0 Å². The zero-order valence-corrected chi connectivity index (χ0v) is 18.7. The van der Waals surface area contributed by atoms with Gasteiger partial charge >= 0.3 is 6.09 Å². The number of benzene rings is 1. The van der Waals surface area contributed by atoms with Crippen molar-refractivity contribution >= 4 is 17.7 Å². The SMILES string of the molecule is CCN(CCNC(=O)CC1CCN(C(=O)OC(C)(C)C)CC1)c1cccc(C)c1. The molecule has 1 aliphatic heterocycles. The second kappa shape index (κ2) is 10.5. The maximum atomic E-state index is 12.3. The second-order valence-electron chi connectivity index (χ2n) is 8.88. The van der Waals surface area contributed by atoms with Gasteiger partial charge in [-0.25, -0.2) is 4.79 Å². The van der Waals surface area contributed by atoms with Gasteiger partial charge in [0.2, 0.25) is 5.91 Å². The number of piperidine rings is 1. The molecule has 1 aromatic rings. The molecule has 1 aromatic carbocycles. The van der Waals surface area contributed by atoms with Crippen LogP contribution in [0.1, 0.15) is 52.5 Å². The number of nitrogens with zero attached hydrogens (tertiary/aromatic N) is 2. The van der Waals surface area contributed by atoms with Crippen LogP contribution in [0.2, 0.25) is 0 Å². The minimum absolute atomic E-state index is 0.0982. The van der Waals surface area contributed by atoms with Crippen LogP contribution in [0, 0.1) is 12.8 Å². The van der Waals surface area contributed by atoms with E-state index >= 15 is 0 Å². The van der Waals surface area contributed by atoms with Crippen molar-refractivity contribution in [2.45, 2.75) is 59.5 Å². The van der Waals surface area contributed by atoms with Crippen LogP contribution >= 0.6 is 0 Å². The standard InChI is InChI=1S/C23H37N3O3/c1-6-25(20-9-7-8-18(2)16-20)15-12-24-21(27)17-19-10-13-26(14-11-19)22(28)29-23(3,4)5/h7-9,16,19H,6,10-15,17H2,1-5H3,(H,24,27). The Labute approximate surface area is 175 Å². The van der Waals surface area contributed by atoms with Gasteiger partial charge in [0.1, 0.15) is 5.60 Å². The van der Waals surface area contributed by atoms with Crippen molar-refractivity contribution in [1.82, 2.24) is 10.2 Å². The van der Waals surface area contributed by atoms with Gasteiger partial charge in [-0.05, 0) is 71.1 Å². The fraction of sp³-hybridized carbons (Fsp3) is 0.652. The highest BCUT2D eigenvalue weighted by atomic mass is 16.6. The van der Waals surface area contributed by atoms with Gasteiger partial charge in [0.05, 0.1) is 0 Å². The highest BCUT2D eigenvalue weighted by Crippen LogP contribution is 2.22. The topological polar surface area (TPSA) is 61.9 Å². The van der Waals surface area contributed by atoms with Crippen molar-refractivity contribution in [3.63, 3.8) is 0 Å². The van der Waals surface area contributed by atoms with E-state index in [1.165, 1.54) is 11.3 Å². The molecule has 0 spiro atoms. The Morgan fingerprint density at radius 2 is 1.93 bits per heavy atom. The van der Waals surface area contributed by atoms with Gasteiger partial charge < -0.3 is 19.9 Å². The summed E-state index contributed by atoms with van der Waals surface area (Å²) >= 11 is 0. The Bertz CT molecular complexity index is 676. The summed E-state index contributed by atoms with van der Waals surface area (Å²) in [6.45, 7) is 13.5. The third kappa shape index (κ3) is 7.95. The molecule has 0 unspecified atom stereocenters. The molecular formula is C23H37N3O3. The molecule has 0 atom stereocenters. The van der Waals surface area contributed by atoms with Crippen LogP contribution in [0.4, 0.5) is 10.5 Å². The molecule has 6 nitrogen and oxygen atoms in total. The van der Waals surface area contributed by atoms with Gasteiger partial charge in [-0.2, -0.15) is 0 Å². The van der Waals surface area contributed by atoms with Crippen LogP contribution in [0.3, 0.4) is 0 Å². The number of amides is 2. The molecule has 1 N–H and O–H groups in total. The van der Waals surface area contributed by atoms with Gasteiger partial charge in [-0.15, -0.1) is 0 Å². The fourth-order valence-corrected chi connectivity index (χ4v) is 3.61. The molecule has 0 aromatic heterocycles. The third-order valence-corrected chi connectivity index (χ3v) is 5.19. The molecule has 6 heteroatoms. The average molecular weight is 404 g/mol. The zero-order valence-electron chi connectivity index (χ0n) is 18.7. The molecule has 0 bridgehead atoms. The summed E-state index contributed by atoms with van der Waals surface area (Å²) in [6, 6.07) is 8.43. The average Bonchev–Trinajstić information content (AvgIpc) is 2.64. The summed E-state index contributed by atoms with van der Waals surface area (Å²) in [7, 11) is 0. The number of nitrogens with one attached hydrogen (secondary N) is 1. The Balaban J connectivity index is 1.69. The van der Waals surface area contributed by atoms with Gasteiger partial charge in [0, 0.05) is 44.8 Å². The lowest BCUT2D eigenvalue weighted by molar-refractivity contribution is -0.122. The van der Waals surface area contributed by atoms with Crippen LogP contribution in [0.15, 0.2) is 24.3 Å². The summed E-state index contributed by atoms with van der Waals surface area (Å²) in [6.07, 6.45) is 1.96. The summed E-state index contributed by atoms with van der Waals surface area (Å²) < 4.78 is 5.43. The number of likely N-dealkylation sites (tertiary alicyclic amines) is 1. The Hall–Kier alpha value is -2.24. The number of carbonyl (C=O) groups excluding carboxylic acids is 2. The van der Waals surface area contributed by atoms with Gasteiger partial charge in [-0.1, -0.05) is 12.1 Å². The first kappa shape index (κ1) is 23.0. The molecule has 0 saturated carbocycles. The fourth-order valence-electron chi connectivity index (χ4n) is 3.61. The minimum atomic E-state index is -0.474. The lowest BCUT2D eigenvalue weighted by Crippen LogP contribution is -2.42. The van der Waals surface area contributed by atoms with Crippen molar-refractivity contribution in [2.24, 2.45) is 5.92 Å². The summed E-state index contributed by atoms with van der Waals surface area (Å²) in [5.41, 5.74) is 1.96. The molecule has 0 aliphatic carbocycles. The summed E-state index contributed by atoms with van der Waals surface area (Å²) in [4.78, 5) is 28.5. The largest absolute Gasteiger partial charge is 0.444 e. The van der Waals surface area contributed by atoms with Crippen molar-refractivity contribution < 1.29 is 14.3 Å². The number of anilines is 1. The van der Waals surface area contributed by atoms with Crippen molar-refractivity contribution in [3.05, 3.63) is 29.8 Å². The molecule has 0 radical (unpaired) electrons. The lowest BCUT2D eigenvalue weighted by Gasteiger charge is -2.33. The van der Waals surface area contributed by atoms with E-state index in [1.807, 2.05) is 20.8 Å². The monoisotopic (exact) mass is 403 g/mol. The third-order valence-electron chi connectivity index (χ3n) is 5.19. The quantitative estimate of drug-likeness (QED) is 0.748. The molecule has 1 saturated heterocycles. The normalized spacial score (nSPS) is 15.1. The van der Waals surface area contributed by atoms with Crippen LogP contribution < -0.4 is 10.2 Å². The Morgan fingerprint density at radius 3 is 2.52 bits per heavy atom. The predicted octanol–water partition coefficient (Wildman–Crippen LogP) is 3.97. The van der Waals surface area contributed by atoms with E-state index in [9.17, 15) is 9.59 Å². The minimum Gasteiger partial charge on any atom is -0.444 e. The van der Waals surface area contributed by atoms with Crippen LogP contribution in [0.5, 0.6) is 0 Å². The maximum absolute atomic E-state index is 12.3. The number of ether oxygens (including phenoxy) is 1. The van der Waals surface area contributed by atoms with Crippen LogP contribution in [-0.2, 0) is 9.53 Å². The van der Waals surface area contributed by atoms with E-state index in [0.29, 0.717) is 32.0 Å². The number of hydrogen-bond donors (Lipinski definition) is 1. The molecule has 1 aliphatic rings. The number of carbonyl (C=O) groups is 2. The van der Waals surface area contributed by atoms with E-state index in [1.54, 1.807) is 4.90 Å². The van der Waals surface area contributed by atoms with Crippen molar-refractivity contribution in [2.75, 3.05) is 37.6 Å². The maximum Gasteiger partial charge on any atom is 0.410 e. The number of likely N-dealkylation sites (N-methyl/N-ethyl adjacent to an activating group) is 1. The van der Waals surface area contributed by atoms with Gasteiger partial charge in [0.25, 0.3) is 0 Å². The molecule has 29 heavy (non-hydrogen) atoms. The molecule has 2 rings (SSSR count). The van der Waals surface area contributed by atoms with E-state index in [0.717, 1.165) is 25.9 Å². The highest BCUT2D eigenvalue weighted by molar-refractivity contribution is 5.76. The molecule has 162 valence electrons. The van der Waals surface area contributed by atoms with Gasteiger partial charge in [-0.3, -0.25) is 4.79 Å². The van der Waals surface area contributed by atoms with Crippen molar-refractivity contribution in [3.8, 4) is 0 Å². The lowest BCUT2D eigenvalue weighted by atomic mass is 9.93. The van der Waals surface area contributed by atoms with Crippen molar-refractivity contribution in [1.29, 1.82) is 0 Å². The number of hydrogen-bond acceptors (Lipinski definition) is 4. The number of aryl methyl sites for hydroxylation is 1. The van der Waals surface area contributed by atoms with Crippen LogP contribution in [0.25, 0.3) is 0 Å². The van der Waals surface area contributed by atoms with Gasteiger partial charge in [0.15, 0.2) is 0 Å². The summed E-state index contributed by atoms with van der Waals surface area (Å²) in [5.74, 6) is 0.425. The first-order valence-electron chi connectivity index (χ1n) is 10.7. The van der Waals surface area contributed by atoms with E-state index in [2.05, 4.69) is 48.3 Å². The first-order chi connectivity index (χ1) is 13.7. The molecule has 1 fully saturated rings. The highest BCUT2D eigenvalue weighted by Gasteiger charge is 2.27. The Kier molecular flexibility index (Phi) is 8.35. The Morgan fingerprint density at radius 1 is 1.24 bits per heavy atom. The zero-order chi connectivity index (χ0) is 21.4. The first-order valence-corrected chi connectivity index (χ1v) is 10.7.